The zero-order chi connectivity index (χ0) is 16.6. The van der Waals surface area contributed by atoms with Crippen molar-refractivity contribution in [2.75, 3.05) is 45.7 Å². The lowest BCUT2D eigenvalue weighted by atomic mass is 9.86. The number of ether oxygens (including phenoxy) is 1. The van der Waals surface area contributed by atoms with Crippen LogP contribution in [0.3, 0.4) is 0 Å². The second kappa shape index (κ2) is 5.76. The first-order valence-corrected chi connectivity index (χ1v) is 7.85. The van der Waals surface area contributed by atoms with Gasteiger partial charge in [-0.2, -0.15) is 0 Å². The smallest absolute Gasteiger partial charge is 0.319 e. The zero-order valence-corrected chi connectivity index (χ0v) is 13.9. The van der Waals surface area contributed by atoms with E-state index in [1.807, 2.05) is 34.1 Å². The van der Waals surface area contributed by atoms with Gasteiger partial charge in [0.15, 0.2) is 0 Å². The highest BCUT2D eigenvalue weighted by Crippen LogP contribution is 2.42. The second-order valence-electron chi connectivity index (χ2n) is 6.70. The van der Waals surface area contributed by atoms with Crippen molar-refractivity contribution in [1.82, 2.24) is 9.80 Å². The van der Waals surface area contributed by atoms with Crippen LogP contribution in [-0.4, -0.2) is 62.6 Å². The molecule has 0 aromatic heterocycles. The minimum Gasteiger partial charge on any atom is -0.497 e. The van der Waals surface area contributed by atoms with E-state index in [4.69, 9.17) is 4.74 Å². The summed E-state index contributed by atoms with van der Waals surface area (Å²) in [4.78, 5) is 29.9. The molecule has 1 aromatic rings. The highest BCUT2D eigenvalue weighted by molar-refractivity contribution is 5.96. The number of hydrogen-bond acceptors (Lipinski definition) is 3. The van der Waals surface area contributed by atoms with E-state index in [0.717, 1.165) is 24.4 Å². The van der Waals surface area contributed by atoms with Crippen LogP contribution in [0.5, 0.6) is 5.75 Å². The van der Waals surface area contributed by atoms with Gasteiger partial charge >= 0.3 is 6.03 Å². The molecule has 23 heavy (non-hydrogen) atoms. The average Bonchev–Trinajstić information content (AvgIpc) is 3.10. The van der Waals surface area contributed by atoms with Gasteiger partial charge in [-0.15, -0.1) is 0 Å². The molecule has 6 heteroatoms. The Hall–Kier alpha value is -2.24. The van der Waals surface area contributed by atoms with Gasteiger partial charge in [0.25, 0.3) is 0 Å². The fourth-order valence-corrected chi connectivity index (χ4v) is 3.55. The molecule has 0 saturated carbocycles. The van der Waals surface area contributed by atoms with E-state index < -0.39 is 0 Å². The fraction of sp³-hybridized carbons (Fsp3) is 0.529. The molecular formula is C17H23N3O3. The van der Waals surface area contributed by atoms with E-state index in [0.29, 0.717) is 19.5 Å². The molecule has 1 spiro atoms. The standard InChI is InChI=1S/C17H23N3O3/c1-18(2)16(22)19-9-8-17(11-19)10-15(21)20(12-17)13-4-6-14(23-3)7-5-13/h4-7H,8-12H2,1-3H3. The molecule has 2 aliphatic heterocycles. The SMILES string of the molecule is COc1ccc(N2CC3(CCN(C(=O)N(C)C)C3)CC2=O)cc1. The number of likely N-dealkylation sites (tertiary alicyclic amines) is 1. The first-order valence-electron chi connectivity index (χ1n) is 7.85. The van der Waals surface area contributed by atoms with Crippen molar-refractivity contribution in [1.29, 1.82) is 0 Å². The maximum Gasteiger partial charge on any atom is 0.319 e. The highest BCUT2D eigenvalue weighted by Gasteiger charge is 2.49. The normalized spacial score (nSPS) is 23.7. The molecule has 1 atom stereocenters. The van der Waals surface area contributed by atoms with Crippen LogP contribution in [0.15, 0.2) is 24.3 Å². The van der Waals surface area contributed by atoms with Crippen LogP contribution >= 0.6 is 0 Å². The molecular weight excluding hydrogens is 294 g/mol. The lowest BCUT2D eigenvalue weighted by Crippen LogP contribution is -2.39. The minimum absolute atomic E-state index is 0.0252. The summed E-state index contributed by atoms with van der Waals surface area (Å²) in [6.07, 6.45) is 1.39. The first-order chi connectivity index (χ1) is 10.9. The summed E-state index contributed by atoms with van der Waals surface area (Å²) in [6.45, 7) is 2.05. The number of carbonyl (C=O) groups is 2. The average molecular weight is 317 g/mol. The van der Waals surface area contributed by atoms with Crippen molar-refractivity contribution < 1.29 is 14.3 Å². The maximum absolute atomic E-state index is 12.5. The molecule has 2 aliphatic rings. The molecule has 1 aromatic carbocycles. The van der Waals surface area contributed by atoms with Gasteiger partial charge in [-0.05, 0) is 30.7 Å². The summed E-state index contributed by atoms with van der Waals surface area (Å²) < 4.78 is 5.16. The van der Waals surface area contributed by atoms with Crippen molar-refractivity contribution in [3.8, 4) is 5.75 Å². The molecule has 3 amide bonds. The topological polar surface area (TPSA) is 53.1 Å². The Labute approximate surface area is 136 Å². The Kier molecular flexibility index (Phi) is 3.92. The lowest BCUT2D eigenvalue weighted by Gasteiger charge is -2.25. The van der Waals surface area contributed by atoms with Gasteiger partial charge in [0.2, 0.25) is 5.91 Å². The van der Waals surface area contributed by atoms with E-state index in [9.17, 15) is 9.59 Å². The minimum atomic E-state index is -0.108. The molecule has 2 fully saturated rings. The third-order valence-electron chi connectivity index (χ3n) is 4.80. The third-order valence-corrected chi connectivity index (χ3v) is 4.80. The van der Waals surface area contributed by atoms with Crippen LogP contribution < -0.4 is 9.64 Å². The van der Waals surface area contributed by atoms with Crippen molar-refractivity contribution >= 4 is 17.6 Å². The van der Waals surface area contributed by atoms with Gasteiger partial charge in [-0.25, -0.2) is 4.79 Å². The monoisotopic (exact) mass is 317 g/mol. The van der Waals surface area contributed by atoms with E-state index in [1.165, 1.54) is 0 Å². The largest absolute Gasteiger partial charge is 0.497 e. The summed E-state index contributed by atoms with van der Waals surface area (Å²) in [5, 5.41) is 0. The maximum atomic E-state index is 12.5. The molecule has 1 unspecified atom stereocenters. The third kappa shape index (κ3) is 2.85. The van der Waals surface area contributed by atoms with E-state index >= 15 is 0 Å². The molecule has 0 aliphatic carbocycles. The number of benzene rings is 1. The molecule has 3 rings (SSSR count). The number of carbonyl (C=O) groups excluding carboxylic acids is 2. The Morgan fingerprint density at radius 1 is 1.22 bits per heavy atom. The number of methoxy groups -OCH3 is 1. The Morgan fingerprint density at radius 2 is 1.91 bits per heavy atom. The number of rotatable bonds is 2. The Bertz CT molecular complexity index is 614. The van der Waals surface area contributed by atoms with Crippen LogP contribution in [0.2, 0.25) is 0 Å². The van der Waals surface area contributed by atoms with Gasteiger partial charge in [-0.1, -0.05) is 0 Å². The van der Waals surface area contributed by atoms with Gasteiger partial charge in [-0.3, -0.25) is 4.79 Å². The summed E-state index contributed by atoms with van der Waals surface area (Å²) in [5.41, 5.74) is 0.785. The van der Waals surface area contributed by atoms with Gasteiger partial charge < -0.3 is 19.4 Å². The highest BCUT2D eigenvalue weighted by atomic mass is 16.5. The fourth-order valence-electron chi connectivity index (χ4n) is 3.55. The molecule has 2 saturated heterocycles. The number of hydrogen-bond donors (Lipinski definition) is 0. The molecule has 6 nitrogen and oxygen atoms in total. The molecule has 0 N–H and O–H groups in total. The van der Waals surface area contributed by atoms with Crippen molar-refractivity contribution in [3.63, 3.8) is 0 Å². The summed E-state index contributed by atoms with van der Waals surface area (Å²) in [5.74, 6) is 0.910. The van der Waals surface area contributed by atoms with E-state index in [2.05, 4.69) is 0 Å². The van der Waals surface area contributed by atoms with Crippen molar-refractivity contribution in [2.24, 2.45) is 5.41 Å². The summed E-state index contributed by atoms with van der Waals surface area (Å²) in [7, 11) is 5.15. The second-order valence-corrected chi connectivity index (χ2v) is 6.70. The van der Waals surface area contributed by atoms with Crippen LogP contribution in [0.4, 0.5) is 10.5 Å². The predicted octanol–water partition coefficient (Wildman–Crippen LogP) is 1.81. The zero-order valence-electron chi connectivity index (χ0n) is 13.9. The first kappa shape index (κ1) is 15.6. The van der Waals surface area contributed by atoms with Gasteiger partial charge in [0.1, 0.15) is 5.75 Å². The number of nitrogens with zero attached hydrogens (tertiary/aromatic N) is 3. The molecule has 0 radical (unpaired) electrons. The van der Waals surface area contributed by atoms with Gasteiger partial charge in [0, 0.05) is 51.3 Å². The van der Waals surface area contributed by atoms with Crippen LogP contribution in [0.1, 0.15) is 12.8 Å². The number of anilines is 1. The lowest BCUT2D eigenvalue weighted by molar-refractivity contribution is -0.117. The van der Waals surface area contributed by atoms with Crippen molar-refractivity contribution in [2.45, 2.75) is 12.8 Å². The summed E-state index contributed by atoms with van der Waals surface area (Å²) in [6, 6.07) is 7.58. The molecule has 0 bridgehead atoms. The Balaban J connectivity index is 1.73. The van der Waals surface area contributed by atoms with Crippen LogP contribution in [0.25, 0.3) is 0 Å². The van der Waals surface area contributed by atoms with Gasteiger partial charge in [0.05, 0.1) is 7.11 Å². The number of urea groups is 1. The summed E-state index contributed by atoms with van der Waals surface area (Å²) >= 11 is 0. The van der Waals surface area contributed by atoms with E-state index in [1.54, 1.807) is 26.1 Å². The number of amides is 3. The van der Waals surface area contributed by atoms with E-state index in [-0.39, 0.29) is 17.4 Å². The predicted molar refractivity (Wildman–Crippen MR) is 87.7 cm³/mol. The Morgan fingerprint density at radius 3 is 2.52 bits per heavy atom. The van der Waals surface area contributed by atoms with Crippen LogP contribution in [-0.2, 0) is 4.79 Å². The van der Waals surface area contributed by atoms with Crippen LogP contribution in [0, 0.1) is 5.41 Å². The molecule has 2 heterocycles. The molecule has 124 valence electrons. The quantitative estimate of drug-likeness (QED) is 0.836. The van der Waals surface area contributed by atoms with Crippen molar-refractivity contribution in [3.05, 3.63) is 24.3 Å².